The molecular formula is C19H19N4O5+. The molecule has 0 fully saturated rings. The molecule has 0 spiro atoms. The van der Waals surface area contributed by atoms with Crippen molar-refractivity contribution in [2.75, 3.05) is 0 Å². The van der Waals surface area contributed by atoms with Crippen molar-refractivity contribution in [1.29, 1.82) is 0 Å². The van der Waals surface area contributed by atoms with Crippen molar-refractivity contribution in [3.05, 3.63) is 79.9 Å². The van der Waals surface area contributed by atoms with Gasteiger partial charge in [0, 0.05) is 17.8 Å². The second-order valence-corrected chi connectivity index (χ2v) is 6.65. The van der Waals surface area contributed by atoms with Gasteiger partial charge in [-0.3, -0.25) is 25.0 Å². The summed E-state index contributed by atoms with van der Waals surface area (Å²) < 4.78 is 0. The molecule has 28 heavy (non-hydrogen) atoms. The molecule has 0 saturated heterocycles. The van der Waals surface area contributed by atoms with Crippen LogP contribution >= 0.6 is 0 Å². The molecule has 1 heterocycles. The quantitative estimate of drug-likeness (QED) is 0.625. The van der Waals surface area contributed by atoms with E-state index in [1.807, 2.05) is 0 Å². The first kappa shape index (κ1) is 19.3. The monoisotopic (exact) mass is 383 g/mol. The second-order valence-electron chi connectivity index (χ2n) is 6.65. The van der Waals surface area contributed by atoms with Crippen LogP contribution in [0.2, 0.25) is 0 Å². The molecule has 0 amide bonds. The fraction of sp³-hybridized carbons (Fsp3) is 0.263. The predicted molar refractivity (Wildman–Crippen MR) is 101 cm³/mol. The topological polar surface area (TPSA) is 132 Å². The minimum atomic E-state index is -0.679. The van der Waals surface area contributed by atoms with E-state index >= 15 is 0 Å². The fourth-order valence-electron chi connectivity index (χ4n) is 3.75. The van der Waals surface area contributed by atoms with Gasteiger partial charge in [0.1, 0.15) is 23.3 Å². The van der Waals surface area contributed by atoms with Gasteiger partial charge in [0.2, 0.25) is 6.17 Å². The summed E-state index contributed by atoms with van der Waals surface area (Å²) in [6.07, 6.45) is -0.679. The number of nitrogens with zero attached hydrogens (tertiary/aromatic N) is 3. The third-order valence-corrected chi connectivity index (χ3v) is 4.92. The summed E-state index contributed by atoms with van der Waals surface area (Å²) in [6, 6.07) is 11.9. The molecule has 2 N–H and O–H groups in total. The summed E-state index contributed by atoms with van der Waals surface area (Å²) in [5, 5.41) is 24.6. The van der Waals surface area contributed by atoms with Gasteiger partial charge in [-0.2, -0.15) is 0 Å². The Kier molecular flexibility index (Phi) is 5.27. The zero-order valence-corrected chi connectivity index (χ0v) is 15.3. The van der Waals surface area contributed by atoms with Crippen LogP contribution in [-0.2, 0) is 4.79 Å². The highest BCUT2D eigenvalue weighted by Crippen LogP contribution is 2.34. The highest BCUT2D eigenvalue weighted by Gasteiger charge is 2.43. The molecule has 0 radical (unpaired) electrons. The van der Waals surface area contributed by atoms with E-state index in [0.29, 0.717) is 16.8 Å². The smallest absolute Gasteiger partial charge is 0.280 e. The lowest BCUT2D eigenvalue weighted by molar-refractivity contribution is -0.739. The van der Waals surface area contributed by atoms with Crippen molar-refractivity contribution in [2.45, 2.75) is 26.1 Å². The van der Waals surface area contributed by atoms with E-state index in [4.69, 9.17) is 0 Å². The standard InChI is InChI=1S/C19H18N4O5/c1-11-17(12(2)24)18(13-7-3-5-9-15(13)22(25)26)21-19(20-11)14-8-4-6-10-16(14)23(27)28/h3-10,17-19,21H,1-2H3/p+1/t17?,18-,19-/m1/s1. The summed E-state index contributed by atoms with van der Waals surface area (Å²) in [7, 11) is 0. The molecule has 3 atom stereocenters. The Morgan fingerprint density at radius 1 is 0.964 bits per heavy atom. The first-order valence-electron chi connectivity index (χ1n) is 8.67. The van der Waals surface area contributed by atoms with Gasteiger partial charge in [0.05, 0.1) is 15.4 Å². The molecule has 144 valence electrons. The summed E-state index contributed by atoms with van der Waals surface area (Å²) >= 11 is 0. The third-order valence-electron chi connectivity index (χ3n) is 4.92. The van der Waals surface area contributed by atoms with Gasteiger partial charge in [-0.1, -0.05) is 24.3 Å². The Balaban J connectivity index is 2.14. The van der Waals surface area contributed by atoms with Crippen LogP contribution in [0.15, 0.2) is 53.5 Å². The maximum atomic E-state index is 12.3. The molecule has 0 aromatic heterocycles. The molecule has 9 nitrogen and oxygen atoms in total. The highest BCUT2D eigenvalue weighted by atomic mass is 16.6. The van der Waals surface area contributed by atoms with Gasteiger partial charge in [-0.15, -0.1) is 0 Å². The molecule has 0 saturated carbocycles. The Labute approximate surface area is 160 Å². The zero-order chi connectivity index (χ0) is 20.4. The number of aliphatic imine (C=N–C) groups is 1. The molecule has 9 heteroatoms. The number of para-hydroxylation sites is 2. The van der Waals surface area contributed by atoms with Gasteiger partial charge in [0.15, 0.2) is 0 Å². The van der Waals surface area contributed by atoms with Crippen molar-refractivity contribution >= 4 is 22.9 Å². The third kappa shape index (κ3) is 3.52. The van der Waals surface area contributed by atoms with Crippen LogP contribution in [0.5, 0.6) is 0 Å². The molecule has 2 aromatic rings. The minimum absolute atomic E-state index is 0.0807. The maximum Gasteiger partial charge on any atom is 0.280 e. The van der Waals surface area contributed by atoms with Gasteiger partial charge in [-0.05, 0) is 26.0 Å². The number of quaternary nitrogens is 1. The Hall–Kier alpha value is -3.46. The second kappa shape index (κ2) is 7.65. The van der Waals surface area contributed by atoms with E-state index in [2.05, 4.69) is 4.99 Å². The number of nitrogens with two attached hydrogens (primary N) is 1. The van der Waals surface area contributed by atoms with Crippen LogP contribution in [-0.4, -0.2) is 21.3 Å². The lowest BCUT2D eigenvalue weighted by Gasteiger charge is -2.31. The largest absolute Gasteiger partial charge is 0.314 e. The van der Waals surface area contributed by atoms with E-state index < -0.39 is 28.0 Å². The average molecular weight is 383 g/mol. The average Bonchev–Trinajstić information content (AvgIpc) is 2.66. The number of hydrogen-bond acceptors (Lipinski definition) is 6. The van der Waals surface area contributed by atoms with E-state index in [1.54, 1.807) is 48.6 Å². The molecule has 3 rings (SSSR count). The molecular weight excluding hydrogens is 364 g/mol. The Bertz CT molecular complexity index is 988. The number of carbonyl (C=O) groups is 1. The van der Waals surface area contributed by atoms with Crippen LogP contribution in [0.4, 0.5) is 11.4 Å². The van der Waals surface area contributed by atoms with Crippen molar-refractivity contribution in [1.82, 2.24) is 0 Å². The first-order chi connectivity index (χ1) is 13.3. The summed E-state index contributed by atoms with van der Waals surface area (Å²) in [5.41, 5.74) is 1.11. The lowest BCUT2D eigenvalue weighted by atomic mass is 9.84. The van der Waals surface area contributed by atoms with Gasteiger partial charge in [-0.25, -0.2) is 4.99 Å². The van der Waals surface area contributed by atoms with Gasteiger partial charge in [0.25, 0.3) is 11.4 Å². The molecule has 1 unspecified atom stereocenters. The van der Waals surface area contributed by atoms with Crippen molar-refractivity contribution in [3.8, 4) is 0 Å². The van der Waals surface area contributed by atoms with Gasteiger partial charge < -0.3 is 5.32 Å². The number of nitro groups is 2. The van der Waals surface area contributed by atoms with E-state index in [-0.39, 0.29) is 17.2 Å². The number of rotatable bonds is 5. The predicted octanol–water partition coefficient (Wildman–Crippen LogP) is 2.49. The fourth-order valence-corrected chi connectivity index (χ4v) is 3.75. The SMILES string of the molecule is CC(=O)C1C(C)=N[C@@H](c2ccccc2[N+](=O)[O-])[NH2+][C@@H]1c1ccccc1[N+](=O)[O-]. The zero-order valence-electron chi connectivity index (χ0n) is 15.3. The molecule has 0 aliphatic carbocycles. The van der Waals surface area contributed by atoms with Crippen molar-refractivity contribution < 1.29 is 20.0 Å². The van der Waals surface area contributed by atoms with E-state index in [1.165, 1.54) is 19.1 Å². The van der Waals surface area contributed by atoms with E-state index in [0.717, 1.165) is 0 Å². The van der Waals surface area contributed by atoms with Crippen LogP contribution < -0.4 is 5.32 Å². The Morgan fingerprint density at radius 3 is 2.00 bits per heavy atom. The number of Topliss-reactive ketones (excluding diaryl/α,β-unsaturated/α-hetero) is 1. The van der Waals surface area contributed by atoms with Crippen molar-refractivity contribution in [3.63, 3.8) is 0 Å². The molecule has 1 aliphatic heterocycles. The van der Waals surface area contributed by atoms with Crippen LogP contribution in [0.1, 0.15) is 37.2 Å². The molecule has 1 aliphatic rings. The minimum Gasteiger partial charge on any atom is -0.314 e. The first-order valence-corrected chi connectivity index (χ1v) is 8.67. The van der Waals surface area contributed by atoms with Gasteiger partial charge >= 0.3 is 0 Å². The number of nitro benzene ring substituents is 2. The number of ketones is 1. The number of benzene rings is 2. The van der Waals surface area contributed by atoms with Crippen LogP contribution in [0.25, 0.3) is 0 Å². The summed E-state index contributed by atoms with van der Waals surface area (Å²) in [5.74, 6) is -0.818. The molecule has 0 bridgehead atoms. The van der Waals surface area contributed by atoms with E-state index in [9.17, 15) is 25.0 Å². The maximum absolute atomic E-state index is 12.3. The lowest BCUT2D eigenvalue weighted by Crippen LogP contribution is -2.89. The van der Waals surface area contributed by atoms with Crippen LogP contribution in [0, 0.1) is 26.1 Å². The normalized spacial score (nSPS) is 21.6. The Morgan fingerprint density at radius 2 is 1.46 bits per heavy atom. The summed E-state index contributed by atoms with van der Waals surface area (Å²) in [4.78, 5) is 38.8. The number of carbonyl (C=O) groups excluding carboxylic acids is 1. The molecule has 2 aromatic carbocycles. The number of hydrogen-bond donors (Lipinski definition) is 1. The van der Waals surface area contributed by atoms with Crippen molar-refractivity contribution in [2.24, 2.45) is 10.9 Å². The van der Waals surface area contributed by atoms with Crippen LogP contribution in [0.3, 0.4) is 0 Å². The highest BCUT2D eigenvalue weighted by molar-refractivity contribution is 6.04. The summed E-state index contributed by atoms with van der Waals surface area (Å²) in [6.45, 7) is 3.10.